The molecule has 3 aromatic rings. The molecular weight excluding hydrogens is 440 g/mol. The summed E-state index contributed by atoms with van der Waals surface area (Å²) >= 11 is 0. The van der Waals surface area contributed by atoms with Crippen LogP contribution in [0.25, 0.3) is 0 Å². The summed E-state index contributed by atoms with van der Waals surface area (Å²) in [7, 11) is -2.13. The predicted molar refractivity (Wildman–Crippen MR) is 126 cm³/mol. The second-order valence-corrected chi connectivity index (χ2v) is 10.1. The van der Waals surface area contributed by atoms with Crippen molar-refractivity contribution in [2.75, 3.05) is 18.4 Å². The number of aryl methyl sites for hydroxylation is 1. The molecule has 33 heavy (non-hydrogen) atoms. The Kier molecular flexibility index (Phi) is 6.71. The standard InChI is InChI=1S/C24H26N4O4S/c1-27-23(29)12-11-22(26-27)24(30)25-20-7-9-21(10-8-20)33(31,32)28-15-13-19(14-16-28)17-18-5-3-2-4-6-18/h2-12,19H,13-17H2,1H3,(H,25,30). The van der Waals surface area contributed by atoms with Crippen molar-refractivity contribution in [2.45, 2.75) is 24.2 Å². The third-order valence-electron chi connectivity index (χ3n) is 5.88. The molecule has 2 heterocycles. The zero-order valence-corrected chi connectivity index (χ0v) is 19.2. The number of carbonyl (C=O) groups is 1. The summed E-state index contributed by atoms with van der Waals surface area (Å²) in [5, 5.41) is 6.58. The highest BCUT2D eigenvalue weighted by molar-refractivity contribution is 7.89. The fourth-order valence-electron chi connectivity index (χ4n) is 3.98. The monoisotopic (exact) mass is 466 g/mol. The Morgan fingerprint density at radius 3 is 2.30 bits per heavy atom. The molecule has 0 unspecified atom stereocenters. The van der Waals surface area contributed by atoms with Gasteiger partial charge in [-0.2, -0.15) is 9.40 Å². The lowest BCUT2D eigenvalue weighted by atomic mass is 9.91. The Bertz CT molecular complexity index is 1280. The highest BCUT2D eigenvalue weighted by atomic mass is 32.2. The van der Waals surface area contributed by atoms with E-state index in [1.54, 1.807) is 12.1 Å². The van der Waals surface area contributed by atoms with Gasteiger partial charge in [0.15, 0.2) is 0 Å². The topological polar surface area (TPSA) is 101 Å². The molecule has 1 aliphatic heterocycles. The minimum atomic E-state index is -3.60. The number of piperidine rings is 1. The molecule has 1 N–H and O–H groups in total. The first-order valence-corrected chi connectivity index (χ1v) is 12.3. The molecule has 1 fully saturated rings. The summed E-state index contributed by atoms with van der Waals surface area (Å²) in [6, 6.07) is 19.0. The molecule has 2 aromatic carbocycles. The van der Waals surface area contributed by atoms with Crippen LogP contribution in [-0.2, 0) is 23.5 Å². The van der Waals surface area contributed by atoms with Crippen LogP contribution in [-0.4, -0.2) is 41.5 Å². The second-order valence-electron chi connectivity index (χ2n) is 8.20. The molecule has 0 saturated carbocycles. The van der Waals surface area contributed by atoms with E-state index < -0.39 is 15.9 Å². The molecule has 4 rings (SSSR count). The molecule has 1 aromatic heterocycles. The van der Waals surface area contributed by atoms with Crippen LogP contribution in [0.5, 0.6) is 0 Å². The van der Waals surface area contributed by atoms with E-state index in [1.807, 2.05) is 18.2 Å². The maximum Gasteiger partial charge on any atom is 0.276 e. The molecule has 0 radical (unpaired) electrons. The zero-order valence-electron chi connectivity index (χ0n) is 18.3. The summed E-state index contributed by atoms with van der Waals surface area (Å²) in [6.45, 7) is 0.993. The fourth-order valence-corrected chi connectivity index (χ4v) is 5.45. The van der Waals surface area contributed by atoms with E-state index in [2.05, 4.69) is 22.5 Å². The number of amides is 1. The van der Waals surface area contributed by atoms with Crippen molar-refractivity contribution < 1.29 is 13.2 Å². The van der Waals surface area contributed by atoms with Gasteiger partial charge in [0.25, 0.3) is 11.5 Å². The lowest BCUT2D eigenvalue weighted by molar-refractivity contribution is 0.102. The van der Waals surface area contributed by atoms with Gasteiger partial charge in [-0.25, -0.2) is 13.1 Å². The van der Waals surface area contributed by atoms with Crippen LogP contribution in [0.3, 0.4) is 0 Å². The number of hydrogen-bond donors (Lipinski definition) is 1. The summed E-state index contributed by atoms with van der Waals surface area (Å²) in [4.78, 5) is 24.0. The number of carbonyl (C=O) groups excluding carboxylic acids is 1. The normalized spacial score (nSPS) is 15.3. The van der Waals surface area contributed by atoms with Crippen LogP contribution in [0, 0.1) is 5.92 Å². The van der Waals surface area contributed by atoms with E-state index in [-0.39, 0.29) is 16.1 Å². The summed E-state index contributed by atoms with van der Waals surface area (Å²) in [5.41, 5.74) is 1.50. The summed E-state index contributed by atoms with van der Waals surface area (Å²) < 4.78 is 28.8. The molecule has 1 saturated heterocycles. The van der Waals surface area contributed by atoms with Crippen LogP contribution in [0.1, 0.15) is 28.9 Å². The van der Waals surface area contributed by atoms with Crippen molar-refractivity contribution in [1.82, 2.24) is 14.1 Å². The highest BCUT2D eigenvalue weighted by Crippen LogP contribution is 2.26. The van der Waals surface area contributed by atoms with E-state index in [0.717, 1.165) is 23.9 Å². The summed E-state index contributed by atoms with van der Waals surface area (Å²) in [5.74, 6) is -0.00998. The van der Waals surface area contributed by atoms with Gasteiger partial charge >= 0.3 is 0 Å². The maximum atomic E-state index is 13.1. The van der Waals surface area contributed by atoms with Gasteiger partial charge in [0.05, 0.1) is 4.90 Å². The Hall–Kier alpha value is -3.30. The number of hydrogen-bond acceptors (Lipinski definition) is 5. The van der Waals surface area contributed by atoms with Crippen molar-refractivity contribution in [2.24, 2.45) is 13.0 Å². The van der Waals surface area contributed by atoms with Gasteiger partial charge in [-0.3, -0.25) is 9.59 Å². The van der Waals surface area contributed by atoms with Crippen molar-refractivity contribution in [3.05, 3.63) is 88.3 Å². The van der Waals surface area contributed by atoms with E-state index in [0.29, 0.717) is 24.7 Å². The van der Waals surface area contributed by atoms with Gasteiger partial charge in [0.1, 0.15) is 5.69 Å². The van der Waals surface area contributed by atoms with Crippen LogP contribution in [0.15, 0.2) is 76.4 Å². The number of anilines is 1. The van der Waals surface area contributed by atoms with Gasteiger partial charge in [0.2, 0.25) is 10.0 Å². The minimum Gasteiger partial charge on any atom is -0.321 e. The number of benzene rings is 2. The van der Waals surface area contributed by atoms with Crippen molar-refractivity contribution in [3.8, 4) is 0 Å². The van der Waals surface area contributed by atoms with Gasteiger partial charge in [-0.15, -0.1) is 0 Å². The van der Waals surface area contributed by atoms with Gasteiger partial charge < -0.3 is 5.32 Å². The number of aromatic nitrogens is 2. The maximum absolute atomic E-state index is 13.1. The van der Waals surface area contributed by atoms with Crippen LogP contribution < -0.4 is 10.9 Å². The van der Waals surface area contributed by atoms with E-state index in [1.165, 1.54) is 41.2 Å². The zero-order chi connectivity index (χ0) is 23.4. The van der Waals surface area contributed by atoms with Gasteiger partial charge in [-0.1, -0.05) is 30.3 Å². The first-order chi connectivity index (χ1) is 15.8. The van der Waals surface area contributed by atoms with E-state index >= 15 is 0 Å². The Balaban J connectivity index is 1.37. The predicted octanol–water partition coefficient (Wildman–Crippen LogP) is 2.68. The number of rotatable bonds is 6. The molecule has 0 spiro atoms. The first kappa shape index (κ1) is 22.9. The Morgan fingerprint density at radius 1 is 1.00 bits per heavy atom. The van der Waals surface area contributed by atoms with Gasteiger partial charge in [0, 0.05) is 31.9 Å². The smallest absolute Gasteiger partial charge is 0.276 e. The van der Waals surface area contributed by atoms with Crippen molar-refractivity contribution in [1.29, 1.82) is 0 Å². The quantitative estimate of drug-likeness (QED) is 0.602. The molecule has 8 nitrogen and oxygen atoms in total. The second kappa shape index (κ2) is 9.68. The van der Waals surface area contributed by atoms with E-state index in [9.17, 15) is 18.0 Å². The molecule has 1 aliphatic rings. The fraction of sp³-hybridized carbons (Fsp3) is 0.292. The SMILES string of the molecule is Cn1nc(C(=O)Nc2ccc(S(=O)(=O)N3CCC(Cc4ccccc4)CC3)cc2)ccc1=O. The van der Waals surface area contributed by atoms with Crippen LogP contribution in [0.4, 0.5) is 5.69 Å². The lowest BCUT2D eigenvalue weighted by Gasteiger charge is -2.31. The third-order valence-corrected chi connectivity index (χ3v) is 7.80. The average molecular weight is 467 g/mol. The summed E-state index contributed by atoms with van der Waals surface area (Å²) in [6.07, 6.45) is 2.62. The molecule has 0 aliphatic carbocycles. The number of nitrogens with one attached hydrogen (secondary N) is 1. The number of nitrogens with zero attached hydrogens (tertiary/aromatic N) is 3. The highest BCUT2D eigenvalue weighted by Gasteiger charge is 2.29. The largest absolute Gasteiger partial charge is 0.321 e. The molecule has 0 bridgehead atoms. The van der Waals surface area contributed by atoms with Gasteiger partial charge in [-0.05, 0) is 61.1 Å². The molecule has 172 valence electrons. The Morgan fingerprint density at radius 2 is 1.67 bits per heavy atom. The van der Waals surface area contributed by atoms with E-state index in [4.69, 9.17) is 0 Å². The lowest BCUT2D eigenvalue weighted by Crippen LogP contribution is -2.38. The molecule has 1 amide bonds. The van der Waals surface area contributed by atoms with Crippen LogP contribution in [0.2, 0.25) is 0 Å². The first-order valence-electron chi connectivity index (χ1n) is 10.8. The van der Waals surface area contributed by atoms with Crippen LogP contribution >= 0.6 is 0 Å². The van der Waals surface area contributed by atoms with Crippen molar-refractivity contribution in [3.63, 3.8) is 0 Å². The average Bonchev–Trinajstić information content (AvgIpc) is 2.82. The Labute approximate surface area is 192 Å². The minimum absolute atomic E-state index is 0.0900. The van der Waals surface area contributed by atoms with Crippen molar-refractivity contribution >= 4 is 21.6 Å². The number of sulfonamides is 1. The third kappa shape index (κ3) is 5.37. The molecule has 0 atom stereocenters. The molecule has 9 heteroatoms. The molecular formula is C24H26N4O4S.